The summed E-state index contributed by atoms with van der Waals surface area (Å²) in [7, 11) is 1.75. The second kappa shape index (κ2) is 62.9. The van der Waals surface area contributed by atoms with Gasteiger partial charge in [-0.3, -0.25) is 15.0 Å². The number of nitrogens with zero attached hydrogens (tertiary/aromatic N) is 3. The molecule has 0 aromatic carbocycles. The number of methoxy groups -OCH3 is 1. The zero-order valence-corrected chi connectivity index (χ0v) is 45.3. The molecule has 0 spiro atoms. The number of aldehydes is 1. The lowest BCUT2D eigenvalue weighted by Crippen LogP contribution is -2.45. The zero-order valence-electron chi connectivity index (χ0n) is 45.3. The first-order chi connectivity index (χ1) is 31.9. The molecule has 0 bridgehead atoms. The van der Waals surface area contributed by atoms with Crippen LogP contribution in [0, 0.1) is 0 Å². The third kappa shape index (κ3) is 59.0. The molecule has 0 rings (SSSR count). The number of aliphatic hydroxyl groups excluding tert-OH is 1. The average Bonchev–Trinajstić information content (AvgIpc) is 3.31. The normalized spacial score (nSPS) is 11.2. The number of unbranched alkanes of at least 4 members (excludes halogenated alkanes) is 27. The summed E-state index contributed by atoms with van der Waals surface area (Å²) in [4.78, 5) is 30.6. The van der Waals surface area contributed by atoms with Gasteiger partial charge in [0.15, 0.2) is 0 Å². The van der Waals surface area contributed by atoms with Crippen LogP contribution in [-0.2, 0) is 14.3 Å². The van der Waals surface area contributed by atoms with Crippen LogP contribution in [0.2, 0.25) is 0 Å². The number of ether oxygens (including phenoxy) is 1. The number of hydrogen-bond acceptors (Lipinski definition) is 8. The van der Waals surface area contributed by atoms with Crippen LogP contribution in [0.15, 0.2) is 0 Å². The first kappa shape index (κ1) is 68.2. The Morgan fingerprint density at radius 3 is 1.26 bits per heavy atom. The summed E-state index contributed by atoms with van der Waals surface area (Å²) in [5, 5.41) is 15.5. The summed E-state index contributed by atoms with van der Waals surface area (Å²) in [6.45, 7) is 24.6. The average molecular weight is 927 g/mol. The summed E-state index contributed by atoms with van der Waals surface area (Å²) < 4.78 is 4.84. The molecule has 9 heteroatoms. The number of amides is 1. The molecule has 0 atom stereocenters. The van der Waals surface area contributed by atoms with E-state index in [0.717, 1.165) is 65.0 Å². The van der Waals surface area contributed by atoms with Crippen molar-refractivity contribution in [2.24, 2.45) is 0 Å². The van der Waals surface area contributed by atoms with Crippen molar-refractivity contribution in [3.05, 3.63) is 0 Å². The Kier molecular flexibility index (Phi) is 66.0. The molecule has 392 valence electrons. The predicted octanol–water partition coefficient (Wildman–Crippen LogP) is 13.7. The summed E-state index contributed by atoms with van der Waals surface area (Å²) in [6, 6.07) is 0. The van der Waals surface area contributed by atoms with E-state index in [1.54, 1.807) is 7.11 Å². The first-order valence-corrected chi connectivity index (χ1v) is 28.6. The van der Waals surface area contributed by atoms with Gasteiger partial charge in [0, 0.05) is 52.9 Å². The number of rotatable bonds is 51. The van der Waals surface area contributed by atoms with E-state index >= 15 is 0 Å². The smallest absolute Gasteiger partial charge is 0.236 e. The molecule has 1 amide bonds. The Labute approximate surface area is 407 Å². The Hall–Kier alpha value is -1.10. The molecule has 0 saturated carbocycles. The third-order valence-corrected chi connectivity index (χ3v) is 12.4. The van der Waals surface area contributed by atoms with Crippen LogP contribution in [0.25, 0.3) is 0 Å². The molecular weight excluding hydrogens is 807 g/mol. The number of aliphatic hydroxyl groups is 1. The fourth-order valence-corrected chi connectivity index (χ4v) is 8.12. The van der Waals surface area contributed by atoms with Gasteiger partial charge < -0.3 is 29.8 Å². The van der Waals surface area contributed by atoms with Gasteiger partial charge in [-0.25, -0.2) is 0 Å². The van der Waals surface area contributed by atoms with E-state index in [9.17, 15) is 9.59 Å². The molecule has 0 radical (unpaired) electrons. The molecule has 9 nitrogen and oxygen atoms in total. The highest BCUT2D eigenvalue weighted by molar-refractivity contribution is 5.78. The summed E-state index contributed by atoms with van der Waals surface area (Å²) in [5.74, 6) is 0.246. The van der Waals surface area contributed by atoms with E-state index in [1.165, 1.54) is 212 Å². The molecule has 0 aliphatic carbocycles. The lowest BCUT2D eigenvalue weighted by Gasteiger charge is -2.30. The van der Waals surface area contributed by atoms with Gasteiger partial charge in [-0.05, 0) is 77.7 Å². The maximum Gasteiger partial charge on any atom is 0.236 e. The summed E-state index contributed by atoms with van der Waals surface area (Å²) in [5.41, 5.74) is 0. The van der Waals surface area contributed by atoms with E-state index < -0.39 is 0 Å². The molecule has 0 aliphatic rings. The third-order valence-electron chi connectivity index (χ3n) is 12.4. The standard InChI is InChI=1S/C37H78N4O2.C13H27NO.C6H14O/c1-5-9-12-15-18-21-24-29-39(30-25-22-19-16-13-10-6-2)33-34-40(31-26-23-20-17-14-11-7-3)35-37(43)41(28-8-4)32-27-38-36-42;1-2-3-4-5-6-7-8-11-14-12-9-10-13-15;1-3-4-5-6-7-2/h38,42H,5-36H2,1-4H3;13-14H,2-12H2,1H3;3-6H2,1-2H3. The van der Waals surface area contributed by atoms with Crippen LogP contribution in [0.4, 0.5) is 0 Å². The van der Waals surface area contributed by atoms with Crippen LogP contribution in [0.1, 0.15) is 260 Å². The summed E-state index contributed by atoms with van der Waals surface area (Å²) >= 11 is 0. The van der Waals surface area contributed by atoms with Gasteiger partial charge in [-0.15, -0.1) is 0 Å². The van der Waals surface area contributed by atoms with Crippen molar-refractivity contribution in [1.29, 1.82) is 0 Å². The lowest BCUT2D eigenvalue weighted by molar-refractivity contribution is -0.132. The fraction of sp³-hybridized carbons (Fsp3) is 0.964. The molecule has 0 heterocycles. The highest BCUT2D eigenvalue weighted by Crippen LogP contribution is 2.12. The molecular formula is C56H119N5O4. The topological polar surface area (TPSA) is 97.4 Å². The SMILES string of the molecule is CCCCCCCCCN(CCCCCCCCC)CCN(CCCCCCCCC)CC(=O)N(CCC)CCNCO.CCCCCCCCCNCCCC=O.CCCCCOC. The molecule has 0 aromatic heterocycles. The first-order valence-electron chi connectivity index (χ1n) is 28.6. The van der Waals surface area contributed by atoms with E-state index in [4.69, 9.17) is 9.84 Å². The minimum absolute atomic E-state index is 0.0359. The summed E-state index contributed by atoms with van der Waals surface area (Å²) in [6.07, 6.45) is 45.2. The van der Waals surface area contributed by atoms with Gasteiger partial charge in [-0.1, -0.05) is 208 Å². The van der Waals surface area contributed by atoms with Crippen LogP contribution in [0.5, 0.6) is 0 Å². The van der Waals surface area contributed by atoms with Crippen LogP contribution in [0.3, 0.4) is 0 Å². The van der Waals surface area contributed by atoms with Gasteiger partial charge in [0.05, 0.1) is 13.3 Å². The maximum atomic E-state index is 13.4. The minimum atomic E-state index is -0.0359. The van der Waals surface area contributed by atoms with E-state index in [-0.39, 0.29) is 12.6 Å². The number of carbonyl (C=O) groups is 2. The monoisotopic (exact) mass is 926 g/mol. The minimum Gasteiger partial charge on any atom is -0.385 e. The second-order valence-electron chi connectivity index (χ2n) is 18.9. The molecule has 65 heavy (non-hydrogen) atoms. The highest BCUT2D eigenvalue weighted by atomic mass is 16.5. The lowest BCUT2D eigenvalue weighted by atomic mass is 10.1. The van der Waals surface area contributed by atoms with E-state index in [0.29, 0.717) is 26.1 Å². The van der Waals surface area contributed by atoms with Gasteiger partial charge >= 0.3 is 0 Å². The predicted molar refractivity (Wildman–Crippen MR) is 286 cm³/mol. The largest absolute Gasteiger partial charge is 0.385 e. The van der Waals surface area contributed by atoms with Crippen molar-refractivity contribution in [3.63, 3.8) is 0 Å². The zero-order chi connectivity index (χ0) is 48.4. The van der Waals surface area contributed by atoms with Gasteiger partial charge in [0.1, 0.15) is 6.29 Å². The van der Waals surface area contributed by atoms with Crippen molar-refractivity contribution < 1.29 is 19.4 Å². The Morgan fingerprint density at radius 2 is 0.831 bits per heavy atom. The van der Waals surface area contributed by atoms with E-state index in [2.05, 4.69) is 62.0 Å². The van der Waals surface area contributed by atoms with Crippen LogP contribution in [-0.4, -0.2) is 124 Å². The maximum absolute atomic E-state index is 13.4. The quantitative estimate of drug-likeness (QED) is 0.0315. The van der Waals surface area contributed by atoms with Crippen LogP contribution < -0.4 is 10.6 Å². The molecule has 0 fully saturated rings. The second-order valence-corrected chi connectivity index (χ2v) is 18.9. The molecule has 0 unspecified atom stereocenters. The molecule has 0 saturated heterocycles. The highest BCUT2D eigenvalue weighted by Gasteiger charge is 2.18. The molecule has 0 aliphatic heterocycles. The number of nitrogens with one attached hydrogen (secondary N) is 2. The van der Waals surface area contributed by atoms with Gasteiger partial charge in [-0.2, -0.15) is 0 Å². The molecule has 0 aromatic rings. The molecule has 3 N–H and O–H groups in total. The van der Waals surface area contributed by atoms with Crippen molar-refractivity contribution in [2.45, 2.75) is 260 Å². The number of carbonyl (C=O) groups excluding carboxylic acids is 2. The van der Waals surface area contributed by atoms with Crippen molar-refractivity contribution in [2.75, 3.05) is 92.4 Å². The van der Waals surface area contributed by atoms with Gasteiger partial charge in [0.2, 0.25) is 5.91 Å². The van der Waals surface area contributed by atoms with Crippen molar-refractivity contribution in [3.8, 4) is 0 Å². The van der Waals surface area contributed by atoms with Crippen molar-refractivity contribution in [1.82, 2.24) is 25.3 Å². The number of hydrogen-bond donors (Lipinski definition) is 3. The Morgan fingerprint density at radius 1 is 0.431 bits per heavy atom. The Bertz CT molecular complexity index is 847. The Balaban J connectivity index is -0.00000142. The van der Waals surface area contributed by atoms with Crippen molar-refractivity contribution >= 4 is 12.2 Å². The van der Waals surface area contributed by atoms with E-state index in [1.807, 2.05) is 4.90 Å². The van der Waals surface area contributed by atoms with Gasteiger partial charge in [0.25, 0.3) is 0 Å². The fourth-order valence-electron chi connectivity index (χ4n) is 8.12. The van der Waals surface area contributed by atoms with Crippen LogP contribution >= 0.6 is 0 Å².